The molecule has 1 saturated carbocycles. The van der Waals surface area contributed by atoms with Crippen LogP contribution in [-0.4, -0.2) is 48.5 Å². The van der Waals surface area contributed by atoms with Gasteiger partial charge < -0.3 is 20.5 Å². The normalized spacial score (nSPS) is 37.4. The molecule has 2 aliphatic heterocycles. The van der Waals surface area contributed by atoms with Crippen LogP contribution in [0, 0.1) is 0 Å². The molecule has 0 spiro atoms. The summed E-state index contributed by atoms with van der Waals surface area (Å²) in [5.74, 6) is 0.788. The van der Waals surface area contributed by atoms with Gasteiger partial charge in [0.25, 0.3) is 0 Å². The molecule has 102 valence electrons. The summed E-state index contributed by atoms with van der Waals surface area (Å²) in [5, 5.41) is 16.7. The maximum atomic E-state index is 10.1. The molecule has 2 heterocycles. The molecular formula is C13H23N3O2. The zero-order chi connectivity index (χ0) is 12.6. The maximum Gasteiger partial charge on any atom is 0.191 e. The van der Waals surface area contributed by atoms with Gasteiger partial charge in [-0.3, -0.25) is 4.99 Å². The van der Waals surface area contributed by atoms with Gasteiger partial charge in [-0.25, -0.2) is 0 Å². The van der Waals surface area contributed by atoms with E-state index in [2.05, 4.69) is 15.6 Å². The SMILES string of the molecule is CN=C(NCC1(O)CCC1)NC1CC2CCC1O2. The number of hydrogen-bond donors (Lipinski definition) is 3. The second-order valence-electron chi connectivity index (χ2n) is 5.86. The topological polar surface area (TPSA) is 65.9 Å². The van der Waals surface area contributed by atoms with Crippen molar-refractivity contribution in [2.45, 2.75) is 62.4 Å². The average Bonchev–Trinajstić information content (AvgIpc) is 2.94. The third kappa shape index (κ3) is 2.34. The Bertz CT molecular complexity index is 341. The van der Waals surface area contributed by atoms with Crippen LogP contribution in [0.3, 0.4) is 0 Å². The van der Waals surface area contributed by atoms with Gasteiger partial charge in [-0.1, -0.05) is 0 Å². The number of guanidine groups is 1. The molecule has 2 saturated heterocycles. The summed E-state index contributed by atoms with van der Waals surface area (Å²) >= 11 is 0. The van der Waals surface area contributed by atoms with Crippen LogP contribution in [0.2, 0.25) is 0 Å². The first-order valence-electron chi connectivity index (χ1n) is 7.04. The van der Waals surface area contributed by atoms with Crippen molar-refractivity contribution in [1.82, 2.24) is 10.6 Å². The zero-order valence-corrected chi connectivity index (χ0v) is 11.0. The zero-order valence-electron chi connectivity index (χ0n) is 11.0. The van der Waals surface area contributed by atoms with Crippen molar-refractivity contribution in [2.75, 3.05) is 13.6 Å². The summed E-state index contributed by atoms with van der Waals surface area (Å²) in [4.78, 5) is 4.22. The Morgan fingerprint density at radius 1 is 1.44 bits per heavy atom. The maximum absolute atomic E-state index is 10.1. The highest BCUT2D eigenvalue weighted by Crippen LogP contribution is 2.34. The second kappa shape index (κ2) is 4.70. The van der Waals surface area contributed by atoms with Crippen LogP contribution in [0.5, 0.6) is 0 Å². The van der Waals surface area contributed by atoms with Gasteiger partial charge in [-0.05, 0) is 38.5 Å². The molecule has 3 N–H and O–H groups in total. The molecule has 5 heteroatoms. The number of hydrogen-bond acceptors (Lipinski definition) is 3. The largest absolute Gasteiger partial charge is 0.388 e. The first-order chi connectivity index (χ1) is 8.68. The van der Waals surface area contributed by atoms with E-state index in [1.807, 2.05) is 0 Å². The van der Waals surface area contributed by atoms with Gasteiger partial charge in [0.15, 0.2) is 5.96 Å². The highest BCUT2D eigenvalue weighted by Gasteiger charge is 2.41. The lowest BCUT2D eigenvalue weighted by atomic mass is 9.80. The molecule has 0 aromatic heterocycles. The lowest BCUT2D eigenvalue weighted by Crippen LogP contribution is -2.53. The molecule has 1 aliphatic carbocycles. The predicted octanol–water partition coefficient (Wildman–Crippen LogP) is 0.386. The van der Waals surface area contributed by atoms with Crippen LogP contribution in [0.25, 0.3) is 0 Å². The fourth-order valence-electron chi connectivity index (χ4n) is 3.17. The molecule has 3 rings (SSSR count). The lowest BCUT2D eigenvalue weighted by Gasteiger charge is -2.37. The Balaban J connectivity index is 1.48. The summed E-state index contributed by atoms with van der Waals surface area (Å²) in [6.45, 7) is 0.592. The van der Waals surface area contributed by atoms with E-state index >= 15 is 0 Å². The van der Waals surface area contributed by atoms with Crippen molar-refractivity contribution >= 4 is 5.96 Å². The van der Waals surface area contributed by atoms with E-state index in [1.54, 1.807) is 7.05 Å². The van der Waals surface area contributed by atoms with Gasteiger partial charge in [-0.2, -0.15) is 0 Å². The van der Waals surface area contributed by atoms with Gasteiger partial charge in [0, 0.05) is 13.6 Å². The van der Waals surface area contributed by atoms with Crippen LogP contribution in [0.15, 0.2) is 4.99 Å². The molecule has 0 radical (unpaired) electrons. The molecule has 18 heavy (non-hydrogen) atoms. The van der Waals surface area contributed by atoms with Crippen molar-refractivity contribution in [3.63, 3.8) is 0 Å². The molecule has 3 fully saturated rings. The van der Waals surface area contributed by atoms with Gasteiger partial charge in [-0.15, -0.1) is 0 Å². The number of aliphatic imine (C=N–C) groups is 1. The summed E-state index contributed by atoms with van der Waals surface area (Å²) in [6.07, 6.45) is 7.15. The third-order valence-electron chi connectivity index (χ3n) is 4.52. The van der Waals surface area contributed by atoms with Crippen molar-refractivity contribution in [1.29, 1.82) is 0 Å². The molecule has 0 amide bonds. The molecule has 3 unspecified atom stereocenters. The van der Waals surface area contributed by atoms with Crippen molar-refractivity contribution in [3.8, 4) is 0 Å². The predicted molar refractivity (Wildman–Crippen MR) is 69.6 cm³/mol. The monoisotopic (exact) mass is 253 g/mol. The fraction of sp³-hybridized carbons (Fsp3) is 0.923. The summed E-state index contributed by atoms with van der Waals surface area (Å²) < 4.78 is 5.81. The van der Waals surface area contributed by atoms with Gasteiger partial charge in [0.2, 0.25) is 0 Å². The number of aliphatic hydroxyl groups is 1. The summed E-state index contributed by atoms with van der Waals surface area (Å²) in [5.41, 5.74) is -0.511. The van der Waals surface area contributed by atoms with Crippen molar-refractivity contribution in [3.05, 3.63) is 0 Å². The standard InChI is InChI=1S/C13H23N3O2/c1-14-12(15-8-13(17)5-2-6-13)16-10-7-9-3-4-11(10)18-9/h9-11,17H,2-8H2,1H3,(H2,14,15,16). The highest BCUT2D eigenvalue weighted by molar-refractivity contribution is 5.80. The Morgan fingerprint density at radius 2 is 2.28 bits per heavy atom. The molecule has 0 aromatic carbocycles. The Morgan fingerprint density at radius 3 is 2.78 bits per heavy atom. The minimum Gasteiger partial charge on any atom is -0.388 e. The molecule has 3 aliphatic rings. The van der Waals surface area contributed by atoms with Gasteiger partial charge in [0.1, 0.15) is 0 Å². The molecule has 5 nitrogen and oxygen atoms in total. The molecule has 2 bridgehead atoms. The Labute approximate surface area is 108 Å². The van der Waals surface area contributed by atoms with Gasteiger partial charge >= 0.3 is 0 Å². The fourth-order valence-corrected chi connectivity index (χ4v) is 3.17. The van der Waals surface area contributed by atoms with Crippen molar-refractivity contribution in [2.24, 2.45) is 4.99 Å². The van der Waals surface area contributed by atoms with Crippen molar-refractivity contribution < 1.29 is 9.84 Å². The number of fused-ring (bicyclic) bond motifs is 2. The Kier molecular flexibility index (Phi) is 3.20. The van der Waals surface area contributed by atoms with E-state index in [0.717, 1.165) is 38.1 Å². The van der Waals surface area contributed by atoms with E-state index in [0.29, 0.717) is 24.8 Å². The van der Waals surface area contributed by atoms with Crippen LogP contribution in [0.1, 0.15) is 38.5 Å². The van der Waals surface area contributed by atoms with E-state index < -0.39 is 5.60 Å². The van der Waals surface area contributed by atoms with Crippen LogP contribution in [0.4, 0.5) is 0 Å². The van der Waals surface area contributed by atoms with Crippen LogP contribution >= 0.6 is 0 Å². The van der Waals surface area contributed by atoms with E-state index in [4.69, 9.17) is 4.74 Å². The average molecular weight is 253 g/mol. The summed E-state index contributed by atoms with van der Waals surface area (Å²) in [6, 6.07) is 0.381. The minimum atomic E-state index is -0.511. The van der Waals surface area contributed by atoms with Crippen LogP contribution in [-0.2, 0) is 4.74 Å². The minimum absolute atomic E-state index is 0.348. The van der Waals surface area contributed by atoms with Crippen LogP contribution < -0.4 is 10.6 Å². The van der Waals surface area contributed by atoms with Gasteiger partial charge in [0.05, 0.1) is 23.9 Å². The first kappa shape index (κ1) is 12.2. The number of nitrogens with zero attached hydrogens (tertiary/aromatic N) is 1. The molecular weight excluding hydrogens is 230 g/mol. The smallest absolute Gasteiger partial charge is 0.191 e. The molecule has 3 atom stereocenters. The summed E-state index contributed by atoms with van der Waals surface area (Å²) in [7, 11) is 1.77. The number of nitrogens with one attached hydrogen (secondary N) is 2. The molecule has 0 aromatic rings. The third-order valence-corrected chi connectivity index (χ3v) is 4.52. The quantitative estimate of drug-likeness (QED) is 0.503. The number of ether oxygens (including phenoxy) is 1. The first-order valence-corrected chi connectivity index (χ1v) is 7.04. The van der Waals surface area contributed by atoms with E-state index in [1.165, 1.54) is 6.42 Å². The highest BCUT2D eigenvalue weighted by atomic mass is 16.5. The number of rotatable bonds is 3. The van der Waals surface area contributed by atoms with E-state index in [9.17, 15) is 5.11 Å². The Hall–Kier alpha value is -0.810. The lowest BCUT2D eigenvalue weighted by molar-refractivity contribution is -0.0279. The second-order valence-corrected chi connectivity index (χ2v) is 5.86. The van der Waals surface area contributed by atoms with E-state index in [-0.39, 0.29) is 0 Å².